The molecule has 28 heavy (non-hydrogen) atoms. The first-order chi connectivity index (χ1) is 13.6. The van der Waals surface area contributed by atoms with Gasteiger partial charge in [-0.3, -0.25) is 0 Å². The Balaban J connectivity index is 2.00. The summed E-state index contributed by atoms with van der Waals surface area (Å²) in [5.41, 5.74) is 1.98. The Kier molecular flexibility index (Phi) is 5.96. The van der Waals surface area contributed by atoms with Crippen molar-refractivity contribution in [2.75, 3.05) is 21.3 Å². The predicted octanol–water partition coefficient (Wildman–Crippen LogP) is 4.70. The van der Waals surface area contributed by atoms with Gasteiger partial charge >= 0.3 is 5.97 Å². The molecule has 0 spiro atoms. The number of carboxylic acid groups (broad SMARTS) is 1. The molecule has 1 aromatic heterocycles. The van der Waals surface area contributed by atoms with Crippen LogP contribution >= 0.6 is 11.3 Å². The van der Waals surface area contributed by atoms with Crippen molar-refractivity contribution in [2.24, 2.45) is 0 Å². The summed E-state index contributed by atoms with van der Waals surface area (Å²) < 4.78 is 16.0. The lowest BCUT2D eigenvalue weighted by molar-refractivity contribution is 0.0702. The van der Waals surface area contributed by atoms with Gasteiger partial charge in [0, 0.05) is 17.2 Å². The number of hydrogen-bond donors (Lipinski definition) is 1. The molecule has 0 unspecified atom stereocenters. The largest absolute Gasteiger partial charge is 0.496 e. The van der Waals surface area contributed by atoms with Crippen LogP contribution in [0.15, 0.2) is 42.5 Å². The zero-order chi connectivity index (χ0) is 20.1. The summed E-state index contributed by atoms with van der Waals surface area (Å²) in [6.45, 7) is 0. The Bertz CT molecular complexity index is 1010. The Hall–Kier alpha value is -3.32. The highest BCUT2D eigenvalue weighted by Crippen LogP contribution is 2.36. The summed E-state index contributed by atoms with van der Waals surface area (Å²) >= 11 is 1.12. The number of carbonyl (C=O) groups is 1. The fourth-order valence-electron chi connectivity index (χ4n) is 2.69. The van der Waals surface area contributed by atoms with Gasteiger partial charge in [-0.25, -0.2) is 9.78 Å². The van der Waals surface area contributed by atoms with E-state index in [1.54, 1.807) is 45.6 Å². The maximum absolute atomic E-state index is 11.6. The second-order valence-corrected chi connectivity index (χ2v) is 6.71. The molecule has 0 aliphatic heterocycles. The van der Waals surface area contributed by atoms with Crippen LogP contribution in [0.4, 0.5) is 0 Å². The predicted molar refractivity (Wildman–Crippen MR) is 110 cm³/mol. The number of hydrogen-bond acceptors (Lipinski definition) is 6. The number of thiazole rings is 1. The number of carboxylic acids is 1. The van der Waals surface area contributed by atoms with Gasteiger partial charge in [0.2, 0.25) is 0 Å². The highest BCUT2D eigenvalue weighted by atomic mass is 32.1. The minimum Gasteiger partial charge on any atom is -0.496 e. The van der Waals surface area contributed by atoms with Gasteiger partial charge < -0.3 is 19.3 Å². The molecule has 1 heterocycles. The van der Waals surface area contributed by atoms with Crippen LogP contribution in [0, 0.1) is 0 Å². The molecule has 0 bridgehead atoms. The van der Waals surface area contributed by atoms with E-state index in [4.69, 9.17) is 14.2 Å². The smallest absolute Gasteiger partial charge is 0.348 e. The average Bonchev–Trinajstić information content (AvgIpc) is 3.17. The van der Waals surface area contributed by atoms with E-state index < -0.39 is 5.97 Å². The van der Waals surface area contributed by atoms with Gasteiger partial charge in [0.05, 0.1) is 27.0 Å². The van der Waals surface area contributed by atoms with E-state index in [1.165, 1.54) is 0 Å². The van der Waals surface area contributed by atoms with Gasteiger partial charge in [0.15, 0.2) is 11.5 Å². The molecular weight excluding hydrogens is 378 g/mol. The first-order valence-electron chi connectivity index (χ1n) is 8.35. The van der Waals surface area contributed by atoms with Crippen LogP contribution in [0.25, 0.3) is 23.4 Å². The van der Waals surface area contributed by atoms with Gasteiger partial charge in [0.25, 0.3) is 0 Å². The Morgan fingerprint density at radius 2 is 1.61 bits per heavy atom. The van der Waals surface area contributed by atoms with E-state index in [-0.39, 0.29) is 4.88 Å². The van der Waals surface area contributed by atoms with Crippen LogP contribution < -0.4 is 14.2 Å². The fraction of sp³-hybridized carbons (Fsp3) is 0.143. The second-order valence-electron chi connectivity index (χ2n) is 5.68. The maximum atomic E-state index is 11.6. The topological polar surface area (TPSA) is 77.9 Å². The van der Waals surface area contributed by atoms with E-state index in [1.807, 2.05) is 30.3 Å². The summed E-state index contributed by atoms with van der Waals surface area (Å²) in [7, 11) is 4.68. The van der Waals surface area contributed by atoms with Gasteiger partial charge in [-0.15, -0.1) is 11.3 Å². The number of ether oxygens (including phenoxy) is 3. The molecule has 7 heteroatoms. The van der Waals surface area contributed by atoms with Crippen molar-refractivity contribution < 1.29 is 24.1 Å². The van der Waals surface area contributed by atoms with E-state index in [9.17, 15) is 9.90 Å². The van der Waals surface area contributed by atoms with E-state index >= 15 is 0 Å². The number of methoxy groups -OCH3 is 3. The summed E-state index contributed by atoms with van der Waals surface area (Å²) in [6, 6.07) is 12.8. The Morgan fingerprint density at radius 3 is 2.21 bits per heavy atom. The normalized spacial score (nSPS) is 10.8. The van der Waals surface area contributed by atoms with Crippen LogP contribution in [0.5, 0.6) is 17.2 Å². The SMILES string of the molecule is COc1cc(OC)c(OC)cc1/C=C/c1nc(-c2ccccc2)c(C(=O)O)s1. The Labute approximate surface area is 166 Å². The molecular formula is C21H19NO5S. The highest BCUT2D eigenvalue weighted by Gasteiger charge is 2.18. The molecule has 0 atom stereocenters. The monoisotopic (exact) mass is 397 g/mol. The van der Waals surface area contributed by atoms with Gasteiger partial charge in [-0.1, -0.05) is 30.3 Å². The minimum absolute atomic E-state index is 0.199. The van der Waals surface area contributed by atoms with Crippen LogP contribution in [-0.2, 0) is 0 Å². The molecule has 0 radical (unpaired) electrons. The molecule has 6 nitrogen and oxygen atoms in total. The van der Waals surface area contributed by atoms with Gasteiger partial charge in [-0.2, -0.15) is 0 Å². The summed E-state index contributed by atoms with van der Waals surface area (Å²) in [4.78, 5) is 16.3. The molecule has 2 aromatic carbocycles. The van der Waals surface area contributed by atoms with Crippen LogP contribution in [0.2, 0.25) is 0 Å². The van der Waals surface area contributed by atoms with Crippen LogP contribution in [-0.4, -0.2) is 37.4 Å². The summed E-state index contributed by atoms with van der Waals surface area (Å²) in [5.74, 6) is 0.732. The molecule has 0 amide bonds. The number of benzene rings is 2. The third kappa shape index (κ3) is 3.99. The second kappa shape index (κ2) is 8.58. The first-order valence-corrected chi connectivity index (χ1v) is 9.16. The molecule has 0 aliphatic carbocycles. The Morgan fingerprint density at radius 1 is 0.964 bits per heavy atom. The van der Waals surface area contributed by atoms with Crippen molar-refractivity contribution >= 4 is 29.5 Å². The van der Waals surface area contributed by atoms with Crippen LogP contribution in [0.3, 0.4) is 0 Å². The van der Waals surface area contributed by atoms with Gasteiger partial charge in [0.1, 0.15) is 15.6 Å². The molecule has 3 aromatic rings. The van der Waals surface area contributed by atoms with Gasteiger partial charge in [-0.05, 0) is 18.2 Å². The number of aromatic nitrogens is 1. The summed E-state index contributed by atoms with van der Waals surface area (Å²) in [6.07, 6.45) is 3.56. The minimum atomic E-state index is -1.00. The van der Waals surface area contributed by atoms with Crippen molar-refractivity contribution in [2.45, 2.75) is 0 Å². The highest BCUT2D eigenvalue weighted by molar-refractivity contribution is 7.15. The lowest BCUT2D eigenvalue weighted by Gasteiger charge is -2.11. The quantitative estimate of drug-likeness (QED) is 0.622. The standard InChI is InChI=1S/C21H19NO5S/c1-25-15-12-17(27-3)16(26-2)11-14(15)9-10-18-22-19(20(28-18)21(23)24)13-7-5-4-6-8-13/h4-12H,1-3H3,(H,23,24)/b10-9+. The molecule has 0 saturated heterocycles. The third-order valence-electron chi connectivity index (χ3n) is 4.03. The van der Waals surface area contributed by atoms with Crippen molar-refractivity contribution in [1.29, 1.82) is 0 Å². The van der Waals surface area contributed by atoms with E-state index in [0.717, 1.165) is 22.5 Å². The lowest BCUT2D eigenvalue weighted by atomic mass is 10.1. The van der Waals surface area contributed by atoms with E-state index in [0.29, 0.717) is 28.0 Å². The zero-order valence-corrected chi connectivity index (χ0v) is 16.4. The number of aromatic carboxylic acids is 1. The number of nitrogens with zero attached hydrogens (tertiary/aromatic N) is 1. The zero-order valence-electron chi connectivity index (χ0n) is 15.6. The number of rotatable bonds is 7. The summed E-state index contributed by atoms with van der Waals surface area (Å²) in [5, 5.41) is 10.1. The first kappa shape index (κ1) is 19.4. The van der Waals surface area contributed by atoms with Crippen molar-refractivity contribution in [3.8, 4) is 28.5 Å². The van der Waals surface area contributed by atoms with Crippen LogP contribution in [0.1, 0.15) is 20.2 Å². The molecule has 0 aliphatic rings. The van der Waals surface area contributed by atoms with Crippen molar-refractivity contribution in [3.05, 3.63) is 57.9 Å². The van der Waals surface area contributed by atoms with Crippen molar-refractivity contribution in [3.63, 3.8) is 0 Å². The molecule has 3 rings (SSSR count). The average molecular weight is 397 g/mol. The molecule has 0 saturated carbocycles. The van der Waals surface area contributed by atoms with E-state index in [2.05, 4.69) is 4.98 Å². The lowest BCUT2D eigenvalue weighted by Crippen LogP contribution is -1.95. The fourth-order valence-corrected chi connectivity index (χ4v) is 3.52. The molecule has 0 fully saturated rings. The molecule has 144 valence electrons. The van der Waals surface area contributed by atoms with Crippen molar-refractivity contribution in [1.82, 2.24) is 4.98 Å². The third-order valence-corrected chi connectivity index (χ3v) is 5.04. The maximum Gasteiger partial charge on any atom is 0.348 e. The molecule has 1 N–H and O–H groups in total.